The second kappa shape index (κ2) is 4.80. The first-order chi connectivity index (χ1) is 8.73. The highest BCUT2D eigenvalue weighted by Gasteiger charge is 2.37. The molecule has 106 valence electrons. The van der Waals surface area contributed by atoms with E-state index in [1.54, 1.807) is 0 Å². The number of aliphatic hydroxyl groups is 1. The van der Waals surface area contributed by atoms with Crippen LogP contribution in [0.1, 0.15) is 40.2 Å². The lowest BCUT2D eigenvalue weighted by Gasteiger charge is -2.46. The van der Waals surface area contributed by atoms with Crippen LogP contribution in [0.5, 0.6) is 0 Å². The highest BCUT2D eigenvalue weighted by molar-refractivity contribution is 5.57. The average Bonchev–Trinajstić information content (AvgIpc) is 2.32. The number of nitrogens with zero attached hydrogens (tertiary/aromatic N) is 1. The van der Waals surface area contributed by atoms with Gasteiger partial charge in [0.25, 0.3) is 0 Å². The van der Waals surface area contributed by atoms with E-state index in [1.807, 2.05) is 19.9 Å². The summed E-state index contributed by atoms with van der Waals surface area (Å²) in [5.41, 5.74) is 2.22. The Hall–Kier alpha value is -1.06. The quantitative estimate of drug-likeness (QED) is 0.816. The van der Waals surface area contributed by atoms with Crippen molar-refractivity contribution in [3.05, 3.63) is 29.8 Å². The monoisotopic (exact) mass is 262 g/mol. The van der Waals surface area contributed by atoms with Crippen LogP contribution in [0.3, 0.4) is 0 Å². The maximum absolute atomic E-state index is 10.6. The van der Waals surface area contributed by atoms with Crippen LogP contribution < -0.4 is 10.2 Å². The molecule has 1 aliphatic rings. The Bertz CT molecular complexity index is 448. The van der Waals surface area contributed by atoms with E-state index in [9.17, 15) is 5.11 Å². The molecule has 3 heteroatoms. The van der Waals surface area contributed by atoms with Gasteiger partial charge in [0.05, 0.1) is 5.54 Å². The standard InChI is InChI=1S/C16H26N2O/c1-15(2,3)12-8-6-7-9-13(12)18-11-10-17-16(4,5)14(18)19/h6-9,14,17,19H,10-11H2,1-5H3. The second-order valence-electron chi connectivity index (χ2n) is 6.98. The van der Waals surface area contributed by atoms with Gasteiger partial charge in [0.2, 0.25) is 0 Å². The molecule has 1 heterocycles. The third-order valence-electron chi connectivity index (χ3n) is 3.90. The van der Waals surface area contributed by atoms with Gasteiger partial charge in [-0.05, 0) is 30.9 Å². The van der Waals surface area contributed by atoms with Crippen LogP contribution in [-0.4, -0.2) is 30.0 Å². The maximum Gasteiger partial charge on any atom is 0.144 e. The summed E-state index contributed by atoms with van der Waals surface area (Å²) in [5.74, 6) is 0. The van der Waals surface area contributed by atoms with Crippen LogP contribution in [0.2, 0.25) is 0 Å². The van der Waals surface area contributed by atoms with Crippen molar-refractivity contribution < 1.29 is 5.11 Å². The summed E-state index contributed by atoms with van der Waals surface area (Å²) in [6, 6.07) is 8.40. The summed E-state index contributed by atoms with van der Waals surface area (Å²) in [6.07, 6.45) is -0.509. The molecule has 0 spiro atoms. The van der Waals surface area contributed by atoms with E-state index in [2.05, 4.69) is 49.2 Å². The minimum absolute atomic E-state index is 0.0747. The van der Waals surface area contributed by atoms with Gasteiger partial charge in [-0.2, -0.15) is 0 Å². The van der Waals surface area contributed by atoms with Crippen LogP contribution in [0.15, 0.2) is 24.3 Å². The van der Waals surface area contributed by atoms with E-state index in [0.29, 0.717) is 0 Å². The predicted molar refractivity (Wildman–Crippen MR) is 80.6 cm³/mol. The van der Waals surface area contributed by atoms with E-state index in [-0.39, 0.29) is 11.0 Å². The fourth-order valence-corrected chi connectivity index (χ4v) is 2.71. The van der Waals surface area contributed by atoms with Gasteiger partial charge in [-0.1, -0.05) is 39.0 Å². The van der Waals surface area contributed by atoms with Gasteiger partial charge >= 0.3 is 0 Å². The third kappa shape index (κ3) is 2.77. The zero-order chi connectivity index (χ0) is 14.3. The van der Waals surface area contributed by atoms with Crippen LogP contribution in [-0.2, 0) is 5.41 Å². The van der Waals surface area contributed by atoms with Crippen molar-refractivity contribution in [2.24, 2.45) is 0 Å². The molecular weight excluding hydrogens is 236 g/mol. The summed E-state index contributed by atoms with van der Waals surface area (Å²) < 4.78 is 0. The van der Waals surface area contributed by atoms with Crippen LogP contribution in [0.25, 0.3) is 0 Å². The molecule has 1 aromatic carbocycles. The summed E-state index contributed by atoms with van der Waals surface area (Å²) in [7, 11) is 0. The first-order valence-corrected chi connectivity index (χ1v) is 7.03. The molecule has 1 atom stereocenters. The fraction of sp³-hybridized carbons (Fsp3) is 0.625. The van der Waals surface area contributed by atoms with Gasteiger partial charge in [-0.3, -0.25) is 0 Å². The number of hydrogen-bond donors (Lipinski definition) is 2. The van der Waals surface area contributed by atoms with Crippen molar-refractivity contribution in [1.29, 1.82) is 0 Å². The maximum atomic E-state index is 10.6. The van der Waals surface area contributed by atoms with Gasteiger partial charge in [0, 0.05) is 18.8 Å². The summed E-state index contributed by atoms with van der Waals surface area (Å²) in [5, 5.41) is 14.0. The van der Waals surface area contributed by atoms with E-state index < -0.39 is 6.23 Å². The third-order valence-corrected chi connectivity index (χ3v) is 3.90. The van der Waals surface area contributed by atoms with Crippen molar-refractivity contribution in [1.82, 2.24) is 5.32 Å². The van der Waals surface area contributed by atoms with Crippen molar-refractivity contribution in [3.63, 3.8) is 0 Å². The minimum Gasteiger partial charge on any atom is -0.372 e. The zero-order valence-corrected chi connectivity index (χ0v) is 12.7. The Morgan fingerprint density at radius 1 is 1.26 bits per heavy atom. The van der Waals surface area contributed by atoms with Crippen molar-refractivity contribution >= 4 is 5.69 Å². The van der Waals surface area contributed by atoms with Gasteiger partial charge in [-0.25, -0.2) is 0 Å². The molecule has 2 rings (SSSR count). The molecule has 0 saturated carbocycles. The first-order valence-electron chi connectivity index (χ1n) is 7.03. The molecular formula is C16H26N2O. The number of para-hydroxylation sites is 1. The SMILES string of the molecule is CC(C)(C)c1ccccc1N1CCNC(C)(C)C1O. The second-order valence-corrected chi connectivity index (χ2v) is 6.98. The predicted octanol–water partition coefficient (Wildman–Crippen LogP) is 2.49. The van der Waals surface area contributed by atoms with Crippen LogP contribution in [0, 0.1) is 0 Å². The van der Waals surface area contributed by atoms with Crippen LogP contribution in [0.4, 0.5) is 5.69 Å². The lowest BCUT2D eigenvalue weighted by Crippen LogP contribution is -2.64. The van der Waals surface area contributed by atoms with Crippen molar-refractivity contribution in [2.75, 3.05) is 18.0 Å². The molecule has 1 unspecified atom stereocenters. The van der Waals surface area contributed by atoms with Gasteiger partial charge < -0.3 is 15.3 Å². The number of rotatable bonds is 1. The van der Waals surface area contributed by atoms with Gasteiger partial charge in [0.1, 0.15) is 6.23 Å². The van der Waals surface area contributed by atoms with Gasteiger partial charge in [-0.15, -0.1) is 0 Å². The highest BCUT2D eigenvalue weighted by atomic mass is 16.3. The molecule has 2 N–H and O–H groups in total. The van der Waals surface area contributed by atoms with E-state index in [1.165, 1.54) is 5.56 Å². The molecule has 0 bridgehead atoms. The van der Waals surface area contributed by atoms with E-state index in [0.717, 1.165) is 18.8 Å². The van der Waals surface area contributed by atoms with E-state index in [4.69, 9.17) is 0 Å². The average molecular weight is 262 g/mol. The zero-order valence-electron chi connectivity index (χ0n) is 12.7. The highest BCUT2D eigenvalue weighted by Crippen LogP contribution is 2.34. The summed E-state index contributed by atoms with van der Waals surface area (Å²) in [4.78, 5) is 2.12. The normalized spacial score (nSPS) is 23.5. The molecule has 0 amide bonds. The number of aliphatic hydroxyl groups excluding tert-OH is 1. The molecule has 0 aliphatic carbocycles. The molecule has 1 fully saturated rings. The van der Waals surface area contributed by atoms with Crippen LogP contribution >= 0.6 is 0 Å². The lowest BCUT2D eigenvalue weighted by molar-refractivity contribution is 0.0597. The topological polar surface area (TPSA) is 35.5 Å². The number of hydrogen-bond acceptors (Lipinski definition) is 3. The molecule has 1 aliphatic heterocycles. The molecule has 1 saturated heterocycles. The lowest BCUT2D eigenvalue weighted by atomic mass is 9.85. The fourth-order valence-electron chi connectivity index (χ4n) is 2.71. The van der Waals surface area contributed by atoms with Crippen molar-refractivity contribution in [3.8, 4) is 0 Å². The largest absolute Gasteiger partial charge is 0.372 e. The molecule has 0 aromatic heterocycles. The number of benzene rings is 1. The summed E-state index contributed by atoms with van der Waals surface area (Å²) in [6.45, 7) is 12.5. The summed E-state index contributed by atoms with van der Waals surface area (Å²) >= 11 is 0. The Balaban J connectivity index is 2.42. The molecule has 1 aromatic rings. The Kier molecular flexibility index (Phi) is 3.63. The molecule has 3 nitrogen and oxygen atoms in total. The smallest absolute Gasteiger partial charge is 0.144 e. The Morgan fingerprint density at radius 2 is 1.89 bits per heavy atom. The Morgan fingerprint density at radius 3 is 2.53 bits per heavy atom. The molecule has 0 radical (unpaired) electrons. The Labute approximate surface area is 116 Å². The number of nitrogens with one attached hydrogen (secondary N) is 1. The van der Waals surface area contributed by atoms with E-state index >= 15 is 0 Å². The number of anilines is 1. The first kappa shape index (κ1) is 14.4. The minimum atomic E-state index is -0.509. The number of piperazine rings is 1. The van der Waals surface area contributed by atoms with Crippen molar-refractivity contribution in [2.45, 2.75) is 51.8 Å². The molecule has 19 heavy (non-hydrogen) atoms. The van der Waals surface area contributed by atoms with Gasteiger partial charge in [0.15, 0.2) is 0 Å².